The standard InChI is InChI=1S/C15H21N3S.ClH/c1-12(2)9-18(10-13-6-4-3-5-7-13)11-14-8-17-15(16)19-14;/h3-8,12H,9-11H2,1-2H3,(H2,16,17);1H. The van der Waals surface area contributed by atoms with Crippen LogP contribution in [0, 0.1) is 5.92 Å². The fourth-order valence-electron chi connectivity index (χ4n) is 2.16. The molecule has 3 nitrogen and oxygen atoms in total. The van der Waals surface area contributed by atoms with Crippen molar-refractivity contribution in [1.29, 1.82) is 0 Å². The zero-order chi connectivity index (χ0) is 13.7. The Bertz CT molecular complexity index is 499. The van der Waals surface area contributed by atoms with E-state index in [9.17, 15) is 0 Å². The van der Waals surface area contributed by atoms with E-state index in [0.29, 0.717) is 11.0 Å². The number of nitrogens with zero attached hydrogens (tertiary/aromatic N) is 2. The van der Waals surface area contributed by atoms with Gasteiger partial charge in [0.25, 0.3) is 0 Å². The largest absolute Gasteiger partial charge is 0.375 e. The third-order valence-electron chi connectivity index (χ3n) is 2.82. The molecule has 1 heterocycles. The first-order valence-electron chi connectivity index (χ1n) is 6.60. The maximum atomic E-state index is 5.70. The summed E-state index contributed by atoms with van der Waals surface area (Å²) in [5, 5.41) is 0.652. The van der Waals surface area contributed by atoms with Gasteiger partial charge >= 0.3 is 0 Å². The van der Waals surface area contributed by atoms with Gasteiger partial charge in [-0.25, -0.2) is 4.98 Å². The van der Waals surface area contributed by atoms with Crippen molar-refractivity contribution in [2.24, 2.45) is 5.92 Å². The molecular formula is C15H22ClN3S. The monoisotopic (exact) mass is 311 g/mol. The van der Waals surface area contributed by atoms with E-state index in [4.69, 9.17) is 5.73 Å². The molecule has 0 aliphatic carbocycles. The van der Waals surface area contributed by atoms with Crippen molar-refractivity contribution in [2.45, 2.75) is 26.9 Å². The van der Waals surface area contributed by atoms with Gasteiger partial charge in [-0.2, -0.15) is 0 Å². The molecule has 0 saturated heterocycles. The summed E-state index contributed by atoms with van der Waals surface area (Å²) < 4.78 is 0. The molecule has 0 radical (unpaired) electrons. The Morgan fingerprint density at radius 1 is 1.20 bits per heavy atom. The van der Waals surface area contributed by atoms with Gasteiger partial charge in [-0.05, 0) is 11.5 Å². The van der Waals surface area contributed by atoms with Gasteiger partial charge in [-0.3, -0.25) is 4.90 Å². The van der Waals surface area contributed by atoms with E-state index >= 15 is 0 Å². The van der Waals surface area contributed by atoms with Gasteiger partial charge in [-0.1, -0.05) is 44.2 Å². The number of aromatic nitrogens is 1. The lowest BCUT2D eigenvalue weighted by Gasteiger charge is -2.23. The fraction of sp³-hybridized carbons (Fsp3) is 0.400. The van der Waals surface area contributed by atoms with E-state index in [2.05, 4.69) is 54.1 Å². The molecule has 1 aromatic carbocycles. The molecule has 0 aliphatic heterocycles. The number of halogens is 1. The van der Waals surface area contributed by atoms with Gasteiger partial charge in [0.2, 0.25) is 0 Å². The lowest BCUT2D eigenvalue weighted by atomic mass is 10.1. The second-order valence-corrected chi connectivity index (χ2v) is 6.36. The summed E-state index contributed by atoms with van der Waals surface area (Å²) in [5.74, 6) is 0.647. The molecule has 2 aromatic rings. The lowest BCUT2D eigenvalue weighted by molar-refractivity contribution is 0.229. The first-order valence-corrected chi connectivity index (χ1v) is 7.41. The van der Waals surface area contributed by atoms with Gasteiger partial charge in [-0.15, -0.1) is 23.7 Å². The molecule has 2 N–H and O–H groups in total. The number of rotatable bonds is 6. The van der Waals surface area contributed by atoms with Crippen molar-refractivity contribution in [3.63, 3.8) is 0 Å². The molecule has 2 rings (SSSR count). The first kappa shape index (κ1) is 17.0. The van der Waals surface area contributed by atoms with Gasteiger partial charge in [0, 0.05) is 30.7 Å². The number of anilines is 1. The molecule has 20 heavy (non-hydrogen) atoms. The molecule has 0 bridgehead atoms. The molecule has 0 saturated carbocycles. The van der Waals surface area contributed by atoms with E-state index in [-0.39, 0.29) is 12.4 Å². The summed E-state index contributed by atoms with van der Waals surface area (Å²) in [5.41, 5.74) is 7.04. The van der Waals surface area contributed by atoms with Gasteiger partial charge in [0.05, 0.1) is 0 Å². The number of benzene rings is 1. The van der Waals surface area contributed by atoms with Crippen LogP contribution in [0.3, 0.4) is 0 Å². The average Bonchev–Trinajstić information content (AvgIpc) is 2.75. The lowest BCUT2D eigenvalue weighted by Crippen LogP contribution is -2.26. The summed E-state index contributed by atoms with van der Waals surface area (Å²) >= 11 is 1.58. The van der Waals surface area contributed by atoms with E-state index < -0.39 is 0 Å². The molecule has 1 aromatic heterocycles. The van der Waals surface area contributed by atoms with Gasteiger partial charge in [0.1, 0.15) is 0 Å². The second kappa shape index (κ2) is 8.25. The summed E-state index contributed by atoms with van der Waals surface area (Å²) in [6.45, 7) is 7.46. The van der Waals surface area contributed by atoms with Crippen LogP contribution < -0.4 is 5.73 Å². The Balaban J connectivity index is 0.00000200. The second-order valence-electron chi connectivity index (χ2n) is 5.21. The predicted molar refractivity (Wildman–Crippen MR) is 89.2 cm³/mol. The highest BCUT2D eigenvalue weighted by molar-refractivity contribution is 7.15. The number of thiazole rings is 1. The molecule has 110 valence electrons. The maximum Gasteiger partial charge on any atom is 0.180 e. The summed E-state index contributed by atoms with van der Waals surface area (Å²) in [7, 11) is 0. The number of hydrogen-bond donors (Lipinski definition) is 1. The molecule has 0 aliphatic rings. The van der Waals surface area contributed by atoms with Crippen molar-refractivity contribution in [1.82, 2.24) is 9.88 Å². The molecule has 0 fully saturated rings. The van der Waals surface area contributed by atoms with Crippen LogP contribution in [0.1, 0.15) is 24.3 Å². The van der Waals surface area contributed by atoms with Crippen LogP contribution in [-0.4, -0.2) is 16.4 Å². The fourth-order valence-corrected chi connectivity index (χ4v) is 2.89. The zero-order valence-corrected chi connectivity index (χ0v) is 13.6. The zero-order valence-electron chi connectivity index (χ0n) is 12.0. The van der Waals surface area contributed by atoms with E-state index in [1.165, 1.54) is 10.4 Å². The minimum atomic E-state index is 0. The molecule has 5 heteroatoms. The molecular weight excluding hydrogens is 290 g/mol. The summed E-state index contributed by atoms with van der Waals surface area (Å²) in [4.78, 5) is 7.81. The highest BCUT2D eigenvalue weighted by atomic mass is 35.5. The van der Waals surface area contributed by atoms with Gasteiger partial charge < -0.3 is 5.73 Å². The van der Waals surface area contributed by atoms with E-state index in [0.717, 1.165) is 19.6 Å². The smallest absolute Gasteiger partial charge is 0.180 e. The third kappa shape index (κ3) is 5.49. The molecule has 0 amide bonds. The van der Waals surface area contributed by atoms with Crippen LogP contribution in [0.4, 0.5) is 5.13 Å². The van der Waals surface area contributed by atoms with Crippen molar-refractivity contribution < 1.29 is 0 Å². The minimum Gasteiger partial charge on any atom is -0.375 e. The Morgan fingerprint density at radius 2 is 1.90 bits per heavy atom. The number of nitrogens with two attached hydrogens (primary N) is 1. The van der Waals surface area contributed by atoms with Crippen LogP contribution in [0.15, 0.2) is 36.5 Å². The van der Waals surface area contributed by atoms with Crippen LogP contribution in [0.2, 0.25) is 0 Å². The first-order chi connectivity index (χ1) is 9.13. The number of nitrogen functional groups attached to an aromatic ring is 1. The maximum absolute atomic E-state index is 5.70. The molecule has 0 atom stereocenters. The van der Waals surface area contributed by atoms with Crippen molar-refractivity contribution in [3.05, 3.63) is 47.0 Å². The number of hydrogen-bond acceptors (Lipinski definition) is 4. The van der Waals surface area contributed by atoms with Crippen molar-refractivity contribution >= 4 is 28.9 Å². The van der Waals surface area contributed by atoms with Crippen LogP contribution in [0.5, 0.6) is 0 Å². The average molecular weight is 312 g/mol. The van der Waals surface area contributed by atoms with Crippen LogP contribution in [0.25, 0.3) is 0 Å². The topological polar surface area (TPSA) is 42.2 Å². The minimum absolute atomic E-state index is 0. The predicted octanol–water partition coefficient (Wildman–Crippen LogP) is 3.81. The van der Waals surface area contributed by atoms with Gasteiger partial charge in [0.15, 0.2) is 5.13 Å². The summed E-state index contributed by atoms with van der Waals surface area (Å²) in [6, 6.07) is 10.6. The Hall–Kier alpha value is -1.10. The Morgan fingerprint density at radius 3 is 2.45 bits per heavy atom. The van der Waals surface area contributed by atoms with Crippen molar-refractivity contribution in [3.8, 4) is 0 Å². The SMILES string of the molecule is CC(C)CN(Cc1ccccc1)Cc1cnc(N)s1.Cl. The Kier molecular flexibility index (Phi) is 6.99. The third-order valence-corrected chi connectivity index (χ3v) is 3.63. The Labute approximate surface area is 131 Å². The highest BCUT2D eigenvalue weighted by Crippen LogP contribution is 2.18. The molecule has 0 spiro atoms. The molecule has 0 unspecified atom stereocenters. The van der Waals surface area contributed by atoms with Crippen molar-refractivity contribution in [2.75, 3.05) is 12.3 Å². The van der Waals surface area contributed by atoms with E-state index in [1.807, 2.05) is 6.20 Å². The van der Waals surface area contributed by atoms with E-state index in [1.54, 1.807) is 11.3 Å². The summed E-state index contributed by atoms with van der Waals surface area (Å²) in [6.07, 6.45) is 1.89. The highest BCUT2D eigenvalue weighted by Gasteiger charge is 2.10. The quantitative estimate of drug-likeness (QED) is 0.882. The van der Waals surface area contributed by atoms with Crippen LogP contribution in [-0.2, 0) is 13.1 Å². The normalized spacial score (nSPS) is 10.8. The van der Waals surface area contributed by atoms with Crippen LogP contribution >= 0.6 is 23.7 Å².